The third kappa shape index (κ3) is 5.42. The van der Waals surface area contributed by atoms with Gasteiger partial charge in [0.15, 0.2) is 0 Å². The zero-order valence-corrected chi connectivity index (χ0v) is 15.8. The summed E-state index contributed by atoms with van der Waals surface area (Å²) in [6, 6.07) is 0. The fourth-order valence-electron chi connectivity index (χ4n) is 3.86. The second-order valence-corrected chi connectivity index (χ2v) is 7.74. The molecular formula is C19H34N2O4. The van der Waals surface area contributed by atoms with Gasteiger partial charge >= 0.3 is 11.9 Å². The number of ether oxygens (including phenoxy) is 2. The largest absolute Gasteiger partial charge is 0.462 e. The van der Waals surface area contributed by atoms with E-state index in [-0.39, 0.29) is 41.9 Å². The molecule has 1 aliphatic heterocycles. The molecule has 2 aliphatic rings. The summed E-state index contributed by atoms with van der Waals surface area (Å²) in [7, 11) is 0. The summed E-state index contributed by atoms with van der Waals surface area (Å²) in [4.78, 5) is 24.6. The molecule has 2 fully saturated rings. The molecular weight excluding hydrogens is 320 g/mol. The van der Waals surface area contributed by atoms with Crippen LogP contribution in [0.4, 0.5) is 0 Å². The van der Waals surface area contributed by atoms with Crippen LogP contribution < -0.4 is 11.1 Å². The van der Waals surface area contributed by atoms with E-state index >= 15 is 0 Å². The Balaban J connectivity index is 1.74. The standard InChI is InChI=1S/C19H34N2O4/c1-4-16(12(2)9-20)18(22)24-14-5-7-15(8-6-14)25-19(23)17-11-21-10-13(17)3/h12-17,21H,4-11,20H2,1-3H3. The molecule has 0 spiro atoms. The minimum Gasteiger partial charge on any atom is -0.462 e. The van der Waals surface area contributed by atoms with Gasteiger partial charge in [-0.05, 0) is 57.0 Å². The maximum atomic E-state index is 12.3. The number of nitrogens with one attached hydrogen (secondary N) is 1. The number of hydrogen-bond donors (Lipinski definition) is 2. The minimum absolute atomic E-state index is 0.0291. The average Bonchev–Trinajstić information content (AvgIpc) is 3.03. The average molecular weight is 354 g/mol. The second-order valence-electron chi connectivity index (χ2n) is 7.74. The highest BCUT2D eigenvalue weighted by atomic mass is 16.6. The normalized spacial score (nSPS) is 32.0. The highest BCUT2D eigenvalue weighted by Crippen LogP contribution is 2.27. The summed E-state index contributed by atoms with van der Waals surface area (Å²) < 4.78 is 11.4. The van der Waals surface area contributed by atoms with Crippen LogP contribution >= 0.6 is 0 Å². The van der Waals surface area contributed by atoms with Gasteiger partial charge in [0.2, 0.25) is 0 Å². The van der Waals surface area contributed by atoms with Gasteiger partial charge in [0.25, 0.3) is 0 Å². The lowest BCUT2D eigenvalue weighted by atomic mass is 9.91. The third-order valence-corrected chi connectivity index (χ3v) is 5.81. The lowest BCUT2D eigenvalue weighted by molar-refractivity contribution is -0.164. The van der Waals surface area contributed by atoms with Crippen molar-refractivity contribution in [3.63, 3.8) is 0 Å². The van der Waals surface area contributed by atoms with Crippen molar-refractivity contribution in [3.8, 4) is 0 Å². The van der Waals surface area contributed by atoms with Crippen molar-refractivity contribution in [2.24, 2.45) is 29.4 Å². The Hall–Kier alpha value is -1.14. The summed E-state index contributed by atoms with van der Waals surface area (Å²) in [5.74, 6) is 0.0974. The molecule has 1 heterocycles. The second kappa shape index (κ2) is 9.53. The molecule has 1 saturated heterocycles. The molecule has 144 valence electrons. The molecule has 3 N–H and O–H groups in total. The molecule has 0 aromatic carbocycles. The van der Waals surface area contributed by atoms with Crippen molar-refractivity contribution in [2.75, 3.05) is 19.6 Å². The van der Waals surface area contributed by atoms with E-state index < -0.39 is 0 Å². The van der Waals surface area contributed by atoms with E-state index in [0.717, 1.165) is 38.6 Å². The number of carbonyl (C=O) groups excluding carboxylic acids is 2. The van der Waals surface area contributed by atoms with Crippen LogP contribution in [0, 0.1) is 23.7 Å². The van der Waals surface area contributed by atoms with Crippen LogP contribution in [-0.4, -0.2) is 43.8 Å². The van der Waals surface area contributed by atoms with Crippen LogP contribution in [0.25, 0.3) is 0 Å². The first kappa shape index (κ1) is 20.2. The van der Waals surface area contributed by atoms with Gasteiger partial charge in [0, 0.05) is 6.54 Å². The Morgan fingerprint density at radius 2 is 1.72 bits per heavy atom. The Morgan fingerprint density at radius 1 is 1.12 bits per heavy atom. The minimum atomic E-state index is -0.133. The molecule has 0 radical (unpaired) electrons. The smallest absolute Gasteiger partial charge is 0.310 e. The van der Waals surface area contributed by atoms with E-state index in [1.807, 2.05) is 13.8 Å². The van der Waals surface area contributed by atoms with E-state index in [9.17, 15) is 9.59 Å². The molecule has 0 bridgehead atoms. The third-order valence-electron chi connectivity index (χ3n) is 5.81. The van der Waals surface area contributed by atoms with E-state index in [4.69, 9.17) is 15.2 Å². The molecule has 0 aromatic rings. The highest BCUT2D eigenvalue weighted by molar-refractivity contribution is 5.74. The fraction of sp³-hybridized carbons (Fsp3) is 0.895. The lowest BCUT2D eigenvalue weighted by Gasteiger charge is -2.30. The molecule has 2 rings (SSSR count). The van der Waals surface area contributed by atoms with Gasteiger partial charge in [-0.25, -0.2) is 0 Å². The Bertz CT molecular complexity index is 449. The lowest BCUT2D eigenvalue weighted by Crippen LogP contribution is -2.35. The van der Waals surface area contributed by atoms with Gasteiger partial charge in [-0.1, -0.05) is 20.8 Å². The van der Waals surface area contributed by atoms with Gasteiger partial charge in [-0.2, -0.15) is 0 Å². The number of nitrogens with two attached hydrogens (primary N) is 1. The fourth-order valence-corrected chi connectivity index (χ4v) is 3.86. The molecule has 0 aromatic heterocycles. The van der Waals surface area contributed by atoms with E-state index in [1.165, 1.54) is 0 Å². The summed E-state index contributed by atoms with van der Waals surface area (Å²) >= 11 is 0. The van der Waals surface area contributed by atoms with Crippen molar-refractivity contribution < 1.29 is 19.1 Å². The molecule has 6 heteroatoms. The topological polar surface area (TPSA) is 90.6 Å². The monoisotopic (exact) mass is 354 g/mol. The van der Waals surface area contributed by atoms with Crippen LogP contribution in [0.3, 0.4) is 0 Å². The Kier molecular flexibility index (Phi) is 7.69. The van der Waals surface area contributed by atoms with E-state index in [2.05, 4.69) is 12.2 Å². The number of rotatable bonds is 7. The van der Waals surface area contributed by atoms with Gasteiger partial charge in [-0.15, -0.1) is 0 Å². The van der Waals surface area contributed by atoms with Crippen molar-refractivity contribution in [3.05, 3.63) is 0 Å². The summed E-state index contributed by atoms with van der Waals surface area (Å²) in [5.41, 5.74) is 5.68. The SMILES string of the molecule is CCC(C(=O)OC1CCC(OC(=O)C2CNCC2C)CC1)C(C)CN. The highest BCUT2D eigenvalue weighted by Gasteiger charge is 2.34. The van der Waals surface area contributed by atoms with Gasteiger partial charge < -0.3 is 20.5 Å². The molecule has 1 saturated carbocycles. The van der Waals surface area contributed by atoms with Crippen molar-refractivity contribution in [2.45, 2.75) is 65.1 Å². The van der Waals surface area contributed by atoms with Crippen molar-refractivity contribution >= 4 is 11.9 Å². The number of hydrogen-bond acceptors (Lipinski definition) is 6. The molecule has 1 aliphatic carbocycles. The quantitative estimate of drug-likeness (QED) is 0.678. The van der Waals surface area contributed by atoms with Crippen LogP contribution in [0.15, 0.2) is 0 Å². The molecule has 4 unspecified atom stereocenters. The number of esters is 2. The first-order valence-corrected chi connectivity index (χ1v) is 9.78. The predicted molar refractivity (Wildman–Crippen MR) is 95.8 cm³/mol. The maximum Gasteiger partial charge on any atom is 0.310 e. The van der Waals surface area contributed by atoms with Crippen LogP contribution in [0.2, 0.25) is 0 Å². The van der Waals surface area contributed by atoms with Crippen LogP contribution in [-0.2, 0) is 19.1 Å². The molecule has 0 amide bonds. The van der Waals surface area contributed by atoms with E-state index in [0.29, 0.717) is 19.0 Å². The molecule has 25 heavy (non-hydrogen) atoms. The summed E-state index contributed by atoms with van der Waals surface area (Å²) in [5, 5.41) is 3.23. The maximum absolute atomic E-state index is 12.3. The number of carbonyl (C=O) groups is 2. The molecule has 6 nitrogen and oxygen atoms in total. The van der Waals surface area contributed by atoms with E-state index in [1.54, 1.807) is 0 Å². The van der Waals surface area contributed by atoms with Crippen molar-refractivity contribution in [1.82, 2.24) is 5.32 Å². The molecule has 4 atom stereocenters. The summed E-state index contributed by atoms with van der Waals surface area (Å²) in [6.45, 7) is 8.14. The zero-order valence-electron chi connectivity index (χ0n) is 15.8. The Labute approximate surface area is 151 Å². The van der Waals surface area contributed by atoms with Crippen molar-refractivity contribution in [1.29, 1.82) is 0 Å². The predicted octanol–water partition coefficient (Wildman–Crippen LogP) is 1.86. The van der Waals surface area contributed by atoms with Crippen LogP contribution in [0.1, 0.15) is 52.9 Å². The van der Waals surface area contributed by atoms with Crippen LogP contribution in [0.5, 0.6) is 0 Å². The first-order chi connectivity index (χ1) is 12.0. The summed E-state index contributed by atoms with van der Waals surface area (Å²) in [6.07, 6.45) is 3.69. The van der Waals surface area contributed by atoms with Gasteiger partial charge in [0.05, 0.1) is 11.8 Å². The Morgan fingerprint density at radius 3 is 2.20 bits per heavy atom. The van der Waals surface area contributed by atoms with Gasteiger partial charge in [-0.3, -0.25) is 9.59 Å². The first-order valence-electron chi connectivity index (χ1n) is 9.78. The van der Waals surface area contributed by atoms with Gasteiger partial charge in [0.1, 0.15) is 12.2 Å². The zero-order chi connectivity index (χ0) is 18.4.